The molecule has 0 radical (unpaired) electrons. The van der Waals surface area contributed by atoms with Crippen molar-refractivity contribution in [2.75, 3.05) is 0 Å². The van der Waals surface area contributed by atoms with Gasteiger partial charge in [0, 0.05) is 31.9 Å². The fourth-order valence-corrected chi connectivity index (χ4v) is 6.86. The van der Waals surface area contributed by atoms with Gasteiger partial charge in [-0.15, -0.1) is 11.3 Å². The Morgan fingerprint density at radius 3 is 2.22 bits per heavy atom. The molecule has 0 spiro atoms. The maximum absolute atomic E-state index is 4.56. The van der Waals surface area contributed by atoms with Crippen LogP contribution in [0.5, 0.6) is 0 Å². The number of hydrogen-bond donors (Lipinski definition) is 0. The molecule has 0 amide bonds. The summed E-state index contributed by atoms with van der Waals surface area (Å²) in [5.41, 5.74) is 2.30. The highest BCUT2D eigenvalue weighted by Gasteiger charge is 2.21. The Kier molecular flexibility index (Phi) is 3.36. The van der Waals surface area contributed by atoms with E-state index in [1.807, 2.05) is 23.6 Å². The average molecular weight is 334 g/mol. The molecule has 0 saturated carbocycles. The van der Waals surface area contributed by atoms with E-state index in [4.69, 9.17) is 0 Å². The number of nitrogens with zero attached hydrogens (tertiary/aromatic N) is 1. The minimum Gasteiger partial charge on any atom is -0.256 e. The van der Waals surface area contributed by atoms with Gasteiger partial charge in [0.1, 0.15) is 0 Å². The summed E-state index contributed by atoms with van der Waals surface area (Å²) >= 11 is 1.93. The predicted molar refractivity (Wildman–Crippen MR) is 106 cm³/mol. The second-order valence-electron chi connectivity index (χ2n) is 6.93. The zero-order valence-corrected chi connectivity index (χ0v) is 15.4. The van der Waals surface area contributed by atoms with Crippen LogP contribution in [0.3, 0.4) is 0 Å². The van der Waals surface area contributed by atoms with Crippen molar-refractivity contribution >= 4 is 44.8 Å². The molecule has 0 bridgehead atoms. The van der Waals surface area contributed by atoms with E-state index >= 15 is 0 Å². The number of rotatable bonds is 2. The fraction of sp³-hybridized carbons (Fsp3) is 0.150. The first kappa shape index (κ1) is 14.6. The summed E-state index contributed by atoms with van der Waals surface area (Å²) in [7, 11) is -1.36. The van der Waals surface area contributed by atoms with Crippen molar-refractivity contribution in [3.05, 3.63) is 60.8 Å². The largest absolute Gasteiger partial charge is 0.256 e. The van der Waals surface area contributed by atoms with E-state index in [2.05, 4.69) is 73.2 Å². The van der Waals surface area contributed by atoms with Crippen molar-refractivity contribution < 1.29 is 0 Å². The molecule has 2 aromatic heterocycles. The van der Waals surface area contributed by atoms with Gasteiger partial charge in [0.2, 0.25) is 0 Å². The van der Waals surface area contributed by atoms with Gasteiger partial charge in [-0.25, -0.2) is 0 Å². The summed E-state index contributed by atoms with van der Waals surface area (Å²) in [6.07, 6.45) is 1.87. The lowest BCUT2D eigenvalue weighted by Gasteiger charge is -2.17. The van der Waals surface area contributed by atoms with Gasteiger partial charge in [0.25, 0.3) is 0 Å². The minimum atomic E-state index is -1.36. The lowest BCUT2D eigenvalue weighted by atomic mass is 10.1. The fourth-order valence-electron chi connectivity index (χ4n) is 3.13. The van der Waals surface area contributed by atoms with E-state index in [1.54, 1.807) is 5.19 Å². The minimum absolute atomic E-state index is 1.05. The van der Waals surface area contributed by atoms with E-state index < -0.39 is 8.07 Å². The molecule has 2 heterocycles. The van der Waals surface area contributed by atoms with Gasteiger partial charge in [-0.3, -0.25) is 4.98 Å². The van der Waals surface area contributed by atoms with E-state index in [0.717, 1.165) is 5.69 Å². The topological polar surface area (TPSA) is 12.9 Å². The molecule has 0 N–H and O–H groups in total. The molecule has 2 aromatic carbocycles. The summed E-state index contributed by atoms with van der Waals surface area (Å²) in [6.45, 7) is 7.27. The molecule has 0 aliphatic heterocycles. The lowest BCUT2D eigenvalue weighted by molar-refractivity contribution is 1.33. The van der Waals surface area contributed by atoms with Crippen LogP contribution in [0.4, 0.5) is 0 Å². The van der Waals surface area contributed by atoms with Crippen LogP contribution in [-0.2, 0) is 0 Å². The zero-order chi connectivity index (χ0) is 16.0. The first-order valence-corrected chi connectivity index (χ1v) is 12.2. The summed E-state index contributed by atoms with van der Waals surface area (Å²) in [5, 5.41) is 4.30. The Hall–Kier alpha value is -1.97. The third-order valence-electron chi connectivity index (χ3n) is 4.27. The molecule has 4 aromatic rings. The molecule has 114 valence electrons. The quantitative estimate of drug-likeness (QED) is 0.431. The van der Waals surface area contributed by atoms with Gasteiger partial charge < -0.3 is 0 Å². The van der Waals surface area contributed by atoms with Crippen molar-refractivity contribution in [2.24, 2.45) is 0 Å². The number of benzene rings is 2. The standard InChI is InChI=1S/C20H19NSSi/c1-23(2,3)18-12-7-9-15-14-8-6-10-16(19(14)22-20(15)18)17-11-4-5-13-21-17/h4-13H,1-3H3. The van der Waals surface area contributed by atoms with Gasteiger partial charge in [0.15, 0.2) is 0 Å². The van der Waals surface area contributed by atoms with Crippen molar-refractivity contribution in [1.29, 1.82) is 0 Å². The van der Waals surface area contributed by atoms with Crippen LogP contribution in [0.2, 0.25) is 19.6 Å². The van der Waals surface area contributed by atoms with Gasteiger partial charge in [-0.05, 0) is 17.3 Å². The van der Waals surface area contributed by atoms with Gasteiger partial charge in [-0.2, -0.15) is 0 Å². The first-order valence-electron chi connectivity index (χ1n) is 7.92. The van der Waals surface area contributed by atoms with Crippen LogP contribution in [0.15, 0.2) is 60.8 Å². The smallest absolute Gasteiger partial charge is 0.0794 e. The maximum atomic E-state index is 4.56. The average Bonchev–Trinajstić information content (AvgIpc) is 2.93. The number of hydrogen-bond acceptors (Lipinski definition) is 2. The molecule has 0 fully saturated rings. The second-order valence-corrected chi connectivity index (χ2v) is 13.0. The summed E-state index contributed by atoms with van der Waals surface area (Å²) in [4.78, 5) is 4.56. The molecule has 0 saturated heterocycles. The molecular formula is C20H19NSSi. The predicted octanol–water partition coefficient (Wildman–Crippen LogP) is 5.66. The van der Waals surface area contributed by atoms with Crippen molar-refractivity contribution in [2.45, 2.75) is 19.6 Å². The van der Waals surface area contributed by atoms with Gasteiger partial charge in [0.05, 0.1) is 13.8 Å². The highest BCUT2D eigenvalue weighted by Crippen LogP contribution is 2.39. The highest BCUT2D eigenvalue weighted by molar-refractivity contribution is 7.28. The number of pyridine rings is 1. The molecule has 0 unspecified atom stereocenters. The highest BCUT2D eigenvalue weighted by atomic mass is 32.1. The summed E-state index contributed by atoms with van der Waals surface area (Å²) in [5.74, 6) is 0. The zero-order valence-electron chi connectivity index (χ0n) is 13.6. The van der Waals surface area contributed by atoms with Crippen molar-refractivity contribution in [1.82, 2.24) is 4.98 Å². The molecule has 3 heteroatoms. The van der Waals surface area contributed by atoms with Gasteiger partial charge >= 0.3 is 0 Å². The van der Waals surface area contributed by atoms with Crippen LogP contribution in [0.25, 0.3) is 31.4 Å². The van der Waals surface area contributed by atoms with Crippen LogP contribution < -0.4 is 5.19 Å². The van der Waals surface area contributed by atoms with E-state index in [-0.39, 0.29) is 0 Å². The van der Waals surface area contributed by atoms with Crippen LogP contribution in [0, 0.1) is 0 Å². The molecule has 23 heavy (non-hydrogen) atoms. The van der Waals surface area contributed by atoms with Crippen molar-refractivity contribution in [3.63, 3.8) is 0 Å². The molecule has 4 rings (SSSR count). The third kappa shape index (κ3) is 2.40. The number of fused-ring (bicyclic) bond motifs is 3. The van der Waals surface area contributed by atoms with Crippen LogP contribution in [-0.4, -0.2) is 13.1 Å². The normalized spacial score (nSPS) is 12.1. The third-order valence-corrected chi connectivity index (χ3v) is 7.78. The van der Waals surface area contributed by atoms with E-state index in [9.17, 15) is 0 Å². The lowest BCUT2D eigenvalue weighted by Crippen LogP contribution is -2.37. The van der Waals surface area contributed by atoms with Crippen LogP contribution >= 0.6 is 11.3 Å². The number of thiophene rings is 1. The first-order chi connectivity index (χ1) is 11.1. The Morgan fingerprint density at radius 2 is 1.52 bits per heavy atom. The maximum Gasteiger partial charge on any atom is 0.0794 e. The summed E-state index contributed by atoms with van der Waals surface area (Å²) < 4.78 is 2.82. The molecule has 0 atom stereocenters. The molecule has 0 aliphatic carbocycles. The molecular weight excluding hydrogens is 314 g/mol. The SMILES string of the molecule is C[Si](C)(C)c1cccc2c1sc1c(-c3ccccn3)cccc12. The Bertz CT molecular complexity index is 997. The molecule has 1 nitrogen and oxygen atoms in total. The number of aromatic nitrogens is 1. The Balaban J connectivity index is 2.10. The summed E-state index contributed by atoms with van der Waals surface area (Å²) in [6, 6.07) is 19.5. The monoisotopic (exact) mass is 333 g/mol. The Morgan fingerprint density at radius 1 is 0.783 bits per heavy atom. The van der Waals surface area contributed by atoms with Crippen LogP contribution in [0.1, 0.15) is 0 Å². The van der Waals surface area contributed by atoms with Crippen molar-refractivity contribution in [3.8, 4) is 11.3 Å². The second kappa shape index (κ2) is 5.29. The van der Waals surface area contributed by atoms with E-state index in [1.165, 1.54) is 25.7 Å². The molecule has 0 aliphatic rings. The van der Waals surface area contributed by atoms with Gasteiger partial charge in [-0.1, -0.05) is 62.1 Å². The Labute approximate surface area is 141 Å². The van der Waals surface area contributed by atoms with E-state index in [0.29, 0.717) is 0 Å².